The first-order chi connectivity index (χ1) is 7.20. The fourth-order valence-corrected chi connectivity index (χ4v) is 2.40. The van der Waals surface area contributed by atoms with E-state index in [1.54, 1.807) is 0 Å². The van der Waals surface area contributed by atoms with Crippen LogP contribution >= 0.6 is 22.6 Å². The summed E-state index contributed by atoms with van der Waals surface area (Å²) in [6.07, 6.45) is 1.23. The summed E-state index contributed by atoms with van der Waals surface area (Å²) in [4.78, 5) is 2.46. The lowest BCUT2D eigenvalue weighted by molar-refractivity contribution is 0.148. The molecule has 0 atom stereocenters. The van der Waals surface area contributed by atoms with Crippen molar-refractivity contribution in [3.8, 4) is 5.75 Å². The first-order valence-corrected chi connectivity index (χ1v) is 6.49. The lowest BCUT2D eigenvalue weighted by atomic mass is 9.91. The summed E-state index contributed by atoms with van der Waals surface area (Å²) in [6, 6.07) is 6.04. The minimum Gasteiger partial charge on any atom is -0.507 e. The van der Waals surface area contributed by atoms with Crippen LogP contribution in [-0.2, 0) is 0 Å². The Morgan fingerprint density at radius 1 is 1.47 bits per heavy atom. The van der Waals surface area contributed by atoms with E-state index in [1.807, 2.05) is 12.1 Å². The number of likely N-dealkylation sites (tertiary alicyclic amines) is 1. The number of phenolic OH excluding ortho intramolecular Hbond substituents is 1. The second-order valence-corrected chi connectivity index (χ2v) is 5.33. The van der Waals surface area contributed by atoms with Crippen molar-refractivity contribution in [3.05, 3.63) is 27.3 Å². The lowest BCUT2D eigenvalue weighted by Crippen LogP contribution is -2.45. The Balaban J connectivity index is 1.98. The number of aromatic hydroxyl groups is 1. The molecule has 15 heavy (non-hydrogen) atoms. The molecule has 82 valence electrons. The van der Waals surface area contributed by atoms with Crippen LogP contribution in [0.15, 0.2) is 18.2 Å². The van der Waals surface area contributed by atoms with Crippen LogP contribution in [0.5, 0.6) is 5.75 Å². The van der Waals surface area contributed by atoms with Gasteiger partial charge in [0.1, 0.15) is 5.75 Å². The molecule has 1 aromatic carbocycles. The zero-order chi connectivity index (χ0) is 10.8. The van der Waals surface area contributed by atoms with Crippen molar-refractivity contribution in [2.24, 2.45) is 0 Å². The number of phenols is 1. The average Bonchev–Trinajstić information content (AvgIpc) is 2.16. The minimum absolute atomic E-state index is 0.419. The molecular weight excluding hydrogens is 301 g/mol. The third-order valence-corrected chi connectivity index (χ3v) is 3.85. The van der Waals surface area contributed by atoms with Crippen LogP contribution in [0.1, 0.15) is 24.8 Å². The van der Waals surface area contributed by atoms with Gasteiger partial charge in [0.25, 0.3) is 0 Å². The van der Waals surface area contributed by atoms with Crippen LogP contribution in [0.3, 0.4) is 0 Å². The second-order valence-electron chi connectivity index (χ2n) is 4.17. The summed E-state index contributed by atoms with van der Waals surface area (Å²) in [5.74, 6) is 1.04. The molecule has 0 bridgehead atoms. The smallest absolute Gasteiger partial charge is 0.129 e. The Morgan fingerprint density at radius 3 is 2.80 bits per heavy atom. The van der Waals surface area contributed by atoms with Crippen molar-refractivity contribution < 1.29 is 5.11 Å². The highest BCUT2D eigenvalue weighted by molar-refractivity contribution is 14.1. The SMILES string of the molecule is CCCN1CC(c2ccc(I)c(O)c2)C1. The number of benzene rings is 1. The molecule has 1 saturated heterocycles. The number of nitrogens with zero attached hydrogens (tertiary/aromatic N) is 1. The summed E-state index contributed by atoms with van der Waals surface area (Å²) in [5.41, 5.74) is 1.28. The number of hydrogen-bond donors (Lipinski definition) is 1. The molecule has 2 rings (SSSR count). The van der Waals surface area contributed by atoms with Crippen molar-refractivity contribution in [2.75, 3.05) is 19.6 Å². The maximum absolute atomic E-state index is 9.62. The highest BCUT2D eigenvalue weighted by atomic mass is 127. The molecular formula is C12H16INO. The van der Waals surface area contributed by atoms with Crippen LogP contribution in [0, 0.1) is 3.57 Å². The van der Waals surface area contributed by atoms with Crippen molar-refractivity contribution in [3.63, 3.8) is 0 Å². The molecule has 1 fully saturated rings. The van der Waals surface area contributed by atoms with Gasteiger partial charge in [0, 0.05) is 19.0 Å². The molecule has 1 heterocycles. The molecule has 0 aliphatic carbocycles. The van der Waals surface area contributed by atoms with E-state index in [9.17, 15) is 5.11 Å². The normalized spacial score (nSPS) is 17.7. The van der Waals surface area contributed by atoms with E-state index in [0.29, 0.717) is 11.7 Å². The molecule has 1 aliphatic rings. The number of halogens is 1. The Hall–Kier alpha value is -0.290. The van der Waals surface area contributed by atoms with Crippen LogP contribution in [-0.4, -0.2) is 29.6 Å². The molecule has 2 nitrogen and oxygen atoms in total. The Kier molecular flexibility index (Phi) is 3.51. The number of rotatable bonds is 3. The quantitative estimate of drug-likeness (QED) is 0.867. The maximum atomic E-state index is 9.62. The Labute approximate surface area is 104 Å². The van der Waals surface area contributed by atoms with Crippen molar-refractivity contribution >= 4 is 22.6 Å². The molecule has 0 unspecified atom stereocenters. The summed E-state index contributed by atoms with van der Waals surface area (Å²) in [7, 11) is 0. The average molecular weight is 317 g/mol. The van der Waals surface area contributed by atoms with Gasteiger partial charge in [0.2, 0.25) is 0 Å². The maximum Gasteiger partial charge on any atom is 0.129 e. The van der Waals surface area contributed by atoms with E-state index in [1.165, 1.54) is 18.5 Å². The van der Waals surface area contributed by atoms with E-state index >= 15 is 0 Å². The monoisotopic (exact) mass is 317 g/mol. The minimum atomic E-state index is 0.419. The van der Waals surface area contributed by atoms with Gasteiger partial charge in [-0.1, -0.05) is 13.0 Å². The van der Waals surface area contributed by atoms with Gasteiger partial charge < -0.3 is 10.0 Å². The molecule has 0 amide bonds. The molecule has 3 heteroatoms. The van der Waals surface area contributed by atoms with Gasteiger partial charge in [-0.3, -0.25) is 0 Å². The van der Waals surface area contributed by atoms with Gasteiger partial charge in [-0.15, -0.1) is 0 Å². The van der Waals surface area contributed by atoms with Crippen LogP contribution < -0.4 is 0 Å². The van der Waals surface area contributed by atoms with Crippen molar-refractivity contribution in [2.45, 2.75) is 19.3 Å². The summed E-state index contributed by atoms with van der Waals surface area (Å²) >= 11 is 2.15. The Morgan fingerprint density at radius 2 is 2.20 bits per heavy atom. The summed E-state index contributed by atoms with van der Waals surface area (Å²) in [6.45, 7) is 5.71. The molecule has 0 spiro atoms. The van der Waals surface area contributed by atoms with Crippen LogP contribution in [0.2, 0.25) is 0 Å². The van der Waals surface area contributed by atoms with Gasteiger partial charge in [-0.25, -0.2) is 0 Å². The highest BCUT2D eigenvalue weighted by Gasteiger charge is 2.27. The van der Waals surface area contributed by atoms with E-state index in [2.05, 4.69) is 40.5 Å². The van der Waals surface area contributed by atoms with Gasteiger partial charge in [0.05, 0.1) is 3.57 Å². The van der Waals surface area contributed by atoms with Crippen LogP contribution in [0.4, 0.5) is 0 Å². The topological polar surface area (TPSA) is 23.5 Å². The van der Waals surface area contributed by atoms with Crippen LogP contribution in [0.25, 0.3) is 0 Å². The molecule has 1 aromatic rings. The van der Waals surface area contributed by atoms with Gasteiger partial charge in [0.15, 0.2) is 0 Å². The van der Waals surface area contributed by atoms with Gasteiger partial charge in [-0.2, -0.15) is 0 Å². The highest BCUT2D eigenvalue weighted by Crippen LogP contribution is 2.30. The molecule has 1 aliphatic heterocycles. The standard InChI is InChI=1S/C12H16INO/c1-2-5-14-7-10(8-14)9-3-4-11(13)12(15)6-9/h3-4,6,10,15H,2,5,7-8H2,1H3. The number of hydrogen-bond acceptors (Lipinski definition) is 2. The first kappa shape index (κ1) is 11.2. The summed E-state index contributed by atoms with van der Waals surface area (Å²) < 4.78 is 0.932. The summed E-state index contributed by atoms with van der Waals surface area (Å²) in [5, 5.41) is 9.62. The molecule has 0 aromatic heterocycles. The molecule has 0 saturated carbocycles. The van der Waals surface area contributed by atoms with E-state index < -0.39 is 0 Å². The van der Waals surface area contributed by atoms with Crippen molar-refractivity contribution in [1.82, 2.24) is 4.90 Å². The predicted octanol–water partition coefficient (Wildman–Crippen LogP) is 2.81. The lowest BCUT2D eigenvalue weighted by Gasteiger charge is -2.39. The third-order valence-electron chi connectivity index (χ3n) is 2.94. The fraction of sp³-hybridized carbons (Fsp3) is 0.500. The van der Waals surface area contributed by atoms with Crippen molar-refractivity contribution in [1.29, 1.82) is 0 Å². The zero-order valence-corrected chi connectivity index (χ0v) is 11.1. The molecule has 0 radical (unpaired) electrons. The fourth-order valence-electron chi connectivity index (χ4n) is 2.06. The Bertz CT molecular complexity index is 347. The van der Waals surface area contributed by atoms with E-state index in [-0.39, 0.29) is 0 Å². The predicted molar refractivity (Wildman–Crippen MR) is 70.3 cm³/mol. The first-order valence-electron chi connectivity index (χ1n) is 5.41. The van der Waals surface area contributed by atoms with E-state index in [0.717, 1.165) is 16.7 Å². The van der Waals surface area contributed by atoms with Gasteiger partial charge >= 0.3 is 0 Å². The molecule has 1 N–H and O–H groups in total. The second kappa shape index (κ2) is 4.70. The zero-order valence-electron chi connectivity index (χ0n) is 8.91. The van der Waals surface area contributed by atoms with E-state index in [4.69, 9.17) is 0 Å². The largest absolute Gasteiger partial charge is 0.507 e. The third kappa shape index (κ3) is 2.45. The van der Waals surface area contributed by atoms with Gasteiger partial charge in [-0.05, 0) is 53.3 Å².